The number of hydrogen-bond acceptors (Lipinski definition) is 4. The number of aromatic carboxylic acids is 1. The van der Waals surface area contributed by atoms with Gasteiger partial charge in [0.1, 0.15) is 0 Å². The fraction of sp³-hybridized carbons (Fsp3) is 0.105. The van der Waals surface area contributed by atoms with E-state index in [0.717, 1.165) is 10.4 Å². The predicted octanol–water partition coefficient (Wildman–Crippen LogP) is 5.20. The molecule has 3 heterocycles. The first kappa shape index (κ1) is 16.8. The number of thiophene rings is 1. The van der Waals surface area contributed by atoms with E-state index < -0.39 is 5.97 Å². The number of carboxylic acids is 1. The number of benzene rings is 1. The molecule has 0 radical (unpaired) electrons. The van der Waals surface area contributed by atoms with Gasteiger partial charge in [0.25, 0.3) is 0 Å². The SMILES string of the molecule is CCn1ncc2c(-c3ccc(Cl)s3)c(C(=O)O)c(-c3ccccc3)nc21. The van der Waals surface area contributed by atoms with Crippen molar-refractivity contribution in [1.29, 1.82) is 0 Å². The van der Waals surface area contributed by atoms with Crippen LogP contribution in [0.5, 0.6) is 0 Å². The standard InChI is InChI=1S/C19H14ClN3O2S/c1-2-23-18-12(10-21-23)15(13-8-9-14(20)26-13)16(19(24)25)17(22-18)11-6-4-3-5-7-11/h3-10H,2H2,1H3,(H,24,25). The molecule has 26 heavy (non-hydrogen) atoms. The minimum absolute atomic E-state index is 0.165. The molecule has 3 aromatic heterocycles. The van der Waals surface area contributed by atoms with Gasteiger partial charge in [0, 0.05) is 27.9 Å². The number of aryl methyl sites for hydroxylation is 1. The maximum absolute atomic E-state index is 12.2. The van der Waals surface area contributed by atoms with Gasteiger partial charge in [0.05, 0.1) is 21.8 Å². The van der Waals surface area contributed by atoms with Crippen LogP contribution in [0.2, 0.25) is 4.34 Å². The van der Waals surface area contributed by atoms with E-state index in [1.807, 2.05) is 43.3 Å². The number of hydrogen-bond donors (Lipinski definition) is 1. The molecule has 7 heteroatoms. The van der Waals surface area contributed by atoms with Crippen LogP contribution in [0.15, 0.2) is 48.7 Å². The van der Waals surface area contributed by atoms with Crippen LogP contribution in [0.4, 0.5) is 0 Å². The second-order valence-electron chi connectivity index (χ2n) is 5.68. The third kappa shape index (κ3) is 2.67. The Labute approximate surface area is 158 Å². The fourth-order valence-electron chi connectivity index (χ4n) is 3.04. The Morgan fingerprint density at radius 3 is 2.62 bits per heavy atom. The highest BCUT2D eigenvalue weighted by Gasteiger charge is 2.25. The highest BCUT2D eigenvalue weighted by molar-refractivity contribution is 7.19. The number of pyridine rings is 1. The van der Waals surface area contributed by atoms with Crippen molar-refractivity contribution in [2.75, 3.05) is 0 Å². The third-order valence-electron chi connectivity index (χ3n) is 4.17. The molecule has 4 rings (SSSR count). The van der Waals surface area contributed by atoms with Gasteiger partial charge in [-0.3, -0.25) is 0 Å². The van der Waals surface area contributed by atoms with Crippen molar-refractivity contribution in [1.82, 2.24) is 14.8 Å². The summed E-state index contributed by atoms with van der Waals surface area (Å²) in [7, 11) is 0. The molecular weight excluding hydrogens is 370 g/mol. The average Bonchev–Trinajstić information content (AvgIpc) is 3.26. The summed E-state index contributed by atoms with van der Waals surface area (Å²) in [6.45, 7) is 2.62. The molecule has 0 fully saturated rings. The number of nitrogens with zero attached hydrogens (tertiary/aromatic N) is 3. The van der Waals surface area contributed by atoms with Gasteiger partial charge >= 0.3 is 5.97 Å². The molecule has 0 unspecified atom stereocenters. The zero-order valence-electron chi connectivity index (χ0n) is 13.8. The number of carboxylic acid groups (broad SMARTS) is 1. The first-order valence-corrected chi connectivity index (χ1v) is 9.23. The number of aromatic nitrogens is 3. The third-order valence-corrected chi connectivity index (χ3v) is 5.41. The Kier molecular flexibility index (Phi) is 4.22. The summed E-state index contributed by atoms with van der Waals surface area (Å²) in [6, 6.07) is 12.9. The molecule has 0 atom stereocenters. The van der Waals surface area contributed by atoms with Crippen LogP contribution in [0.3, 0.4) is 0 Å². The van der Waals surface area contributed by atoms with E-state index in [4.69, 9.17) is 11.6 Å². The first-order valence-electron chi connectivity index (χ1n) is 8.04. The van der Waals surface area contributed by atoms with Gasteiger partial charge in [-0.05, 0) is 19.1 Å². The van der Waals surface area contributed by atoms with E-state index in [9.17, 15) is 9.90 Å². The molecule has 0 spiro atoms. The van der Waals surface area contributed by atoms with E-state index in [0.29, 0.717) is 33.2 Å². The number of halogens is 1. The Hall–Kier alpha value is -2.70. The van der Waals surface area contributed by atoms with Crippen LogP contribution in [0, 0.1) is 0 Å². The zero-order chi connectivity index (χ0) is 18.3. The molecule has 1 N–H and O–H groups in total. The van der Waals surface area contributed by atoms with E-state index in [2.05, 4.69) is 10.1 Å². The summed E-state index contributed by atoms with van der Waals surface area (Å²) in [6.07, 6.45) is 1.68. The molecule has 0 aliphatic rings. The summed E-state index contributed by atoms with van der Waals surface area (Å²) in [5.74, 6) is -1.03. The van der Waals surface area contributed by atoms with Crippen LogP contribution in [-0.2, 0) is 6.54 Å². The smallest absolute Gasteiger partial charge is 0.338 e. The highest BCUT2D eigenvalue weighted by atomic mass is 35.5. The molecule has 0 amide bonds. The first-order chi connectivity index (χ1) is 12.6. The van der Waals surface area contributed by atoms with Crippen LogP contribution < -0.4 is 0 Å². The zero-order valence-corrected chi connectivity index (χ0v) is 15.4. The van der Waals surface area contributed by atoms with Crippen molar-refractivity contribution in [2.24, 2.45) is 0 Å². The minimum atomic E-state index is -1.03. The lowest BCUT2D eigenvalue weighted by molar-refractivity contribution is 0.0698. The largest absolute Gasteiger partial charge is 0.478 e. The Bertz CT molecular complexity index is 1120. The van der Waals surface area contributed by atoms with E-state index >= 15 is 0 Å². The van der Waals surface area contributed by atoms with Crippen molar-refractivity contribution in [3.8, 4) is 21.7 Å². The molecular formula is C19H14ClN3O2S. The van der Waals surface area contributed by atoms with Gasteiger partial charge in [-0.25, -0.2) is 14.5 Å². The summed E-state index contributed by atoms with van der Waals surface area (Å²) in [4.78, 5) is 17.7. The lowest BCUT2D eigenvalue weighted by atomic mass is 9.97. The van der Waals surface area contributed by atoms with E-state index in [-0.39, 0.29) is 5.56 Å². The molecule has 4 aromatic rings. The molecule has 0 saturated carbocycles. The normalized spacial score (nSPS) is 11.2. The maximum atomic E-state index is 12.2. The summed E-state index contributed by atoms with van der Waals surface area (Å²) in [5, 5.41) is 15.1. The van der Waals surface area contributed by atoms with Crippen LogP contribution >= 0.6 is 22.9 Å². The minimum Gasteiger partial charge on any atom is -0.478 e. The fourth-order valence-corrected chi connectivity index (χ4v) is 4.15. The number of carbonyl (C=O) groups is 1. The quantitative estimate of drug-likeness (QED) is 0.526. The summed E-state index contributed by atoms with van der Waals surface area (Å²) < 4.78 is 2.37. The Balaban J connectivity index is 2.17. The lowest BCUT2D eigenvalue weighted by Crippen LogP contribution is -2.07. The second kappa shape index (κ2) is 6.55. The second-order valence-corrected chi connectivity index (χ2v) is 7.40. The summed E-state index contributed by atoms with van der Waals surface area (Å²) >= 11 is 7.46. The molecule has 5 nitrogen and oxygen atoms in total. The van der Waals surface area contributed by atoms with Gasteiger partial charge in [-0.15, -0.1) is 11.3 Å². The van der Waals surface area contributed by atoms with Crippen molar-refractivity contribution >= 4 is 39.9 Å². The van der Waals surface area contributed by atoms with Gasteiger partial charge in [0.15, 0.2) is 5.65 Å². The maximum Gasteiger partial charge on any atom is 0.338 e. The van der Waals surface area contributed by atoms with E-state index in [1.165, 1.54) is 11.3 Å². The predicted molar refractivity (Wildman–Crippen MR) is 104 cm³/mol. The molecule has 130 valence electrons. The van der Waals surface area contributed by atoms with Crippen LogP contribution in [0.1, 0.15) is 17.3 Å². The van der Waals surface area contributed by atoms with Crippen molar-refractivity contribution in [3.63, 3.8) is 0 Å². The monoisotopic (exact) mass is 383 g/mol. The van der Waals surface area contributed by atoms with E-state index in [1.54, 1.807) is 16.9 Å². The molecule has 0 aliphatic heterocycles. The van der Waals surface area contributed by atoms with Crippen molar-refractivity contribution < 1.29 is 9.90 Å². The number of rotatable bonds is 4. The van der Waals surface area contributed by atoms with Crippen molar-refractivity contribution in [2.45, 2.75) is 13.5 Å². The lowest BCUT2D eigenvalue weighted by Gasteiger charge is -2.12. The van der Waals surface area contributed by atoms with Gasteiger partial charge in [-0.1, -0.05) is 41.9 Å². The highest BCUT2D eigenvalue weighted by Crippen LogP contribution is 2.40. The molecule has 0 bridgehead atoms. The number of fused-ring (bicyclic) bond motifs is 1. The topological polar surface area (TPSA) is 68.0 Å². The van der Waals surface area contributed by atoms with Crippen LogP contribution in [-0.4, -0.2) is 25.8 Å². The van der Waals surface area contributed by atoms with Gasteiger partial charge in [-0.2, -0.15) is 5.10 Å². The van der Waals surface area contributed by atoms with Gasteiger partial charge in [0.2, 0.25) is 0 Å². The Morgan fingerprint density at radius 2 is 2.00 bits per heavy atom. The molecule has 0 aliphatic carbocycles. The summed E-state index contributed by atoms with van der Waals surface area (Å²) in [5.41, 5.74) is 2.62. The molecule has 0 saturated heterocycles. The van der Waals surface area contributed by atoms with Crippen LogP contribution in [0.25, 0.3) is 32.7 Å². The molecule has 1 aromatic carbocycles. The van der Waals surface area contributed by atoms with Gasteiger partial charge < -0.3 is 5.11 Å². The Morgan fingerprint density at radius 1 is 1.23 bits per heavy atom. The van der Waals surface area contributed by atoms with Crippen molar-refractivity contribution in [3.05, 3.63) is 58.6 Å². The average molecular weight is 384 g/mol.